The van der Waals surface area contributed by atoms with Crippen molar-refractivity contribution in [2.75, 3.05) is 0 Å². The highest BCUT2D eigenvalue weighted by molar-refractivity contribution is 5.81. The van der Waals surface area contributed by atoms with Crippen LogP contribution in [0.5, 0.6) is 0 Å². The minimum atomic E-state index is -0.204. The first-order valence-electron chi connectivity index (χ1n) is 8.01. The van der Waals surface area contributed by atoms with Crippen molar-refractivity contribution in [3.05, 3.63) is 58.0 Å². The van der Waals surface area contributed by atoms with Crippen molar-refractivity contribution in [1.29, 1.82) is 0 Å². The Morgan fingerprint density at radius 2 is 1.78 bits per heavy atom. The predicted octanol–water partition coefficient (Wildman–Crippen LogP) is 4.13. The van der Waals surface area contributed by atoms with Gasteiger partial charge in [0, 0.05) is 17.2 Å². The fourth-order valence-electron chi connectivity index (χ4n) is 2.75. The van der Waals surface area contributed by atoms with Crippen molar-refractivity contribution in [1.82, 2.24) is 14.8 Å². The summed E-state index contributed by atoms with van der Waals surface area (Å²) in [6.07, 6.45) is 0. The number of hydrogen-bond acceptors (Lipinski definition) is 2. The summed E-state index contributed by atoms with van der Waals surface area (Å²) in [4.78, 5) is 16.2. The van der Waals surface area contributed by atoms with E-state index in [4.69, 9.17) is 5.10 Å². The van der Waals surface area contributed by atoms with Crippen LogP contribution < -0.4 is 5.43 Å². The van der Waals surface area contributed by atoms with Gasteiger partial charge in [-0.1, -0.05) is 52.8 Å². The summed E-state index contributed by atoms with van der Waals surface area (Å²) in [7, 11) is 0. The zero-order valence-corrected chi connectivity index (χ0v) is 14.3. The summed E-state index contributed by atoms with van der Waals surface area (Å²) in [5.74, 6) is 0.254. The molecule has 1 N–H and O–H groups in total. The van der Waals surface area contributed by atoms with Gasteiger partial charge in [-0.25, -0.2) is 4.68 Å². The third-order valence-electron chi connectivity index (χ3n) is 4.01. The van der Waals surface area contributed by atoms with Crippen molar-refractivity contribution >= 4 is 11.0 Å². The number of H-pyrrole nitrogens is 1. The molecule has 0 radical (unpaired) electrons. The molecular weight excluding hydrogens is 286 g/mol. The Balaban J connectivity index is 2.43. The molecule has 0 bridgehead atoms. The number of benzene rings is 1. The number of aromatic nitrogens is 3. The van der Waals surface area contributed by atoms with E-state index in [2.05, 4.69) is 39.6 Å². The first-order chi connectivity index (χ1) is 10.8. The fraction of sp³-hybridized carbons (Fsp3) is 0.368. The van der Waals surface area contributed by atoms with Gasteiger partial charge in [0.15, 0.2) is 5.43 Å². The number of fused-ring (bicyclic) bond motifs is 1. The third kappa shape index (κ3) is 2.69. The third-order valence-corrected chi connectivity index (χ3v) is 4.01. The molecule has 4 heteroatoms. The molecule has 0 aliphatic heterocycles. The van der Waals surface area contributed by atoms with Gasteiger partial charge in [0.2, 0.25) is 0 Å². The van der Waals surface area contributed by atoms with E-state index in [1.54, 1.807) is 6.07 Å². The maximum atomic E-state index is 12.7. The summed E-state index contributed by atoms with van der Waals surface area (Å²) >= 11 is 0. The number of hydrogen-bond donors (Lipinski definition) is 1. The van der Waals surface area contributed by atoms with Crippen LogP contribution in [0.1, 0.15) is 51.9 Å². The molecule has 0 unspecified atom stereocenters. The highest BCUT2D eigenvalue weighted by Crippen LogP contribution is 2.29. The van der Waals surface area contributed by atoms with Crippen LogP contribution in [0.15, 0.2) is 41.2 Å². The number of pyridine rings is 1. The highest BCUT2D eigenvalue weighted by atomic mass is 16.1. The highest BCUT2D eigenvalue weighted by Gasteiger charge is 2.25. The van der Waals surface area contributed by atoms with Crippen LogP contribution in [0.2, 0.25) is 0 Å². The van der Waals surface area contributed by atoms with Gasteiger partial charge < -0.3 is 4.98 Å². The zero-order chi connectivity index (χ0) is 16.8. The summed E-state index contributed by atoms with van der Waals surface area (Å²) < 4.78 is 1.85. The summed E-state index contributed by atoms with van der Waals surface area (Å²) in [6.45, 7) is 10.4. The van der Waals surface area contributed by atoms with Gasteiger partial charge in [-0.05, 0) is 18.1 Å². The molecule has 0 spiro atoms. The molecular formula is C19H23N3O. The van der Waals surface area contributed by atoms with E-state index >= 15 is 0 Å². The van der Waals surface area contributed by atoms with Crippen molar-refractivity contribution in [3.8, 4) is 5.69 Å². The molecule has 0 fully saturated rings. The molecule has 23 heavy (non-hydrogen) atoms. The standard InChI is InChI=1S/C19H23N3O/c1-12(2)14-11-15(23)16-17(19(3,4)5)21-22(18(16)20-14)13-9-7-6-8-10-13/h6-12H,1-5H3,(H,20,23). The number of aromatic amines is 1. The molecule has 0 aliphatic carbocycles. The van der Waals surface area contributed by atoms with E-state index in [1.165, 1.54) is 0 Å². The first kappa shape index (κ1) is 15.5. The Labute approximate surface area is 136 Å². The van der Waals surface area contributed by atoms with E-state index < -0.39 is 0 Å². The first-order valence-corrected chi connectivity index (χ1v) is 8.01. The Hall–Kier alpha value is -2.36. The Kier molecular flexibility index (Phi) is 3.63. The van der Waals surface area contributed by atoms with E-state index in [0.29, 0.717) is 5.39 Å². The van der Waals surface area contributed by atoms with Crippen LogP contribution in [0.25, 0.3) is 16.7 Å². The molecule has 0 atom stereocenters. The monoisotopic (exact) mass is 309 g/mol. The van der Waals surface area contributed by atoms with Gasteiger partial charge in [-0.2, -0.15) is 5.10 Å². The van der Waals surface area contributed by atoms with E-state index in [-0.39, 0.29) is 16.8 Å². The number of nitrogens with one attached hydrogen (secondary N) is 1. The lowest BCUT2D eigenvalue weighted by Crippen LogP contribution is -2.16. The normalized spacial score (nSPS) is 12.3. The molecule has 0 saturated heterocycles. The second-order valence-electron chi connectivity index (χ2n) is 7.31. The zero-order valence-electron chi connectivity index (χ0n) is 14.3. The van der Waals surface area contributed by atoms with E-state index in [9.17, 15) is 4.79 Å². The molecule has 1 aromatic carbocycles. The Bertz CT molecular complexity index is 896. The fourth-order valence-corrected chi connectivity index (χ4v) is 2.75. The average Bonchev–Trinajstić information content (AvgIpc) is 2.88. The lowest BCUT2D eigenvalue weighted by Gasteiger charge is -2.15. The van der Waals surface area contributed by atoms with Crippen LogP contribution in [0.4, 0.5) is 0 Å². The van der Waals surface area contributed by atoms with Gasteiger partial charge in [0.05, 0.1) is 16.8 Å². The number of para-hydroxylation sites is 1. The van der Waals surface area contributed by atoms with Gasteiger partial charge in [0.1, 0.15) is 5.65 Å². The Morgan fingerprint density at radius 1 is 1.13 bits per heavy atom. The number of rotatable bonds is 2. The second kappa shape index (κ2) is 5.37. The molecule has 2 heterocycles. The van der Waals surface area contributed by atoms with Crippen molar-refractivity contribution in [3.63, 3.8) is 0 Å². The van der Waals surface area contributed by atoms with Gasteiger partial charge >= 0.3 is 0 Å². The summed E-state index contributed by atoms with van der Waals surface area (Å²) in [5.41, 5.74) is 3.31. The second-order valence-corrected chi connectivity index (χ2v) is 7.31. The van der Waals surface area contributed by atoms with Crippen LogP contribution in [0.3, 0.4) is 0 Å². The maximum Gasteiger partial charge on any atom is 0.193 e. The predicted molar refractivity (Wildman–Crippen MR) is 94.5 cm³/mol. The largest absolute Gasteiger partial charge is 0.343 e. The lowest BCUT2D eigenvalue weighted by molar-refractivity contribution is 0.564. The molecule has 4 nitrogen and oxygen atoms in total. The van der Waals surface area contributed by atoms with E-state index in [0.717, 1.165) is 22.7 Å². The Morgan fingerprint density at radius 3 is 2.35 bits per heavy atom. The molecule has 3 rings (SSSR count). The minimum absolute atomic E-state index is 0.0366. The molecule has 0 aliphatic rings. The quantitative estimate of drug-likeness (QED) is 0.773. The van der Waals surface area contributed by atoms with Crippen LogP contribution in [0, 0.1) is 0 Å². The topological polar surface area (TPSA) is 50.7 Å². The maximum absolute atomic E-state index is 12.7. The van der Waals surface area contributed by atoms with Crippen molar-refractivity contribution in [2.24, 2.45) is 0 Å². The molecule has 0 saturated carbocycles. The van der Waals surface area contributed by atoms with Crippen molar-refractivity contribution in [2.45, 2.75) is 46.0 Å². The van der Waals surface area contributed by atoms with Gasteiger partial charge in [-0.15, -0.1) is 0 Å². The summed E-state index contributed by atoms with van der Waals surface area (Å²) in [6, 6.07) is 11.6. The molecule has 3 aromatic rings. The summed E-state index contributed by atoms with van der Waals surface area (Å²) in [5, 5.41) is 5.46. The molecule has 2 aromatic heterocycles. The van der Waals surface area contributed by atoms with Crippen LogP contribution in [-0.2, 0) is 5.41 Å². The minimum Gasteiger partial charge on any atom is -0.343 e. The van der Waals surface area contributed by atoms with Gasteiger partial charge in [-0.3, -0.25) is 4.79 Å². The number of nitrogens with zero attached hydrogens (tertiary/aromatic N) is 2. The smallest absolute Gasteiger partial charge is 0.193 e. The van der Waals surface area contributed by atoms with Crippen LogP contribution >= 0.6 is 0 Å². The van der Waals surface area contributed by atoms with Crippen LogP contribution in [-0.4, -0.2) is 14.8 Å². The van der Waals surface area contributed by atoms with E-state index in [1.807, 2.05) is 35.0 Å². The lowest BCUT2D eigenvalue weighted by atomic mass is 9.90. The average molecular weight is 309 g/mol. The SMILES string of the molecule is CC(C)c1cc(=O)c2c(C(C)(C)C)nn(-c3ccccc3)c2[nH]1. The molecule has 120 valence electrons. The molecule has 0 amide bonds. The van der Waals surface area contributed by atoms with Crippen molar-refractivity contribution < 1.29 is 0 Å². The van der Waals surface area contributed by atoms with Gasteiger partial charge in [0.25, 0.3) is 0 Å².